The van der Waals surface area contributed by atoms with Crippen LogP contribution in [0.25, 0.3) is 6.08 Å². The fourth-order valence-corrected chi connectivity index (χ4v) is 28.0. The van der Waals surface area contributed by atoms with E-state index in [1.807, 2.05) is 12.1 Å². The van der Waals surface area contributed by atoms with Crippen LogP contribution in [-0.4, -0.2) is 31.5 Å². The summed E-state index contributed by atoms with van der Waals surface area (Å²) < 4.78 is 34.1. The SMILES string of the molecule is CCC[CH2][Sn]1([CH2]CCC)/[C](=C\c2ccccc2)CCCC2(CCCCC2)S(=O)(=O)c2cccc[c]21. The summed E-state index contributed by atoms with van der Waals surface area (Å²) in [4.78, 5) is 0.728. The third-order valence-corrected chi connectivity index (χ3v) is 27.7. The van der Waals surface area contributed by atoms with Crippen molar-refractivity contribution < 1.29 is 8.42 Å². The fourth-order valence-electron chi connectivity index (χ4n) is 6.83. The summed E-state index contributed by atoms with van der Waals surface area (Å²) in [6.45, 7) is 4.57. The van der Waals surface area contributed by atoms with E-state index in [1.165, 1.54) is 50.1 Å². The predicted molar refractivity (Wildman–Crippen MR) is 153 cm³/mol. The van der Waals surface area contributed by atoms with Gasteiger partial charge < -0.3 is 0 Å². The molecule has 2 nitrogen and oxygen atoms in total. The first kappa shape index (κ1) is 27.0. The van der Waals surface area contributed by atoms with E-state index in [1.54, 1.807) is 3.59 Å². The van der Waals surface area contributed by atoms with E-state index in [0.717, 1.165) is 49.8 Å². The third-order valence-electron chi connectivity index (χ3n) is 8.77. The fraction of sp³-hybridized carbons (Fsp3) is 0.548. The second kappa shape index (κ2) is 12.0. The summed E-state index contributed by atoms with van der Waals surface area (Å²) in [6, 6.07) is 19.2. The molecule has 0 N–H and O–H groups in total. The molecule has 2 aromatic carbocycles. The maximum absolute atomic E-state index is 14.6. The Kier molecular flexibility index (Phi) is 9.24. The molecule has 190 valence electrons. The number of rotatable bonds is 7. The zero-order valence-electron chi connectivity index (χ0n) is 21.9. The average molecular weight is 599 g/mol. The third kappa shape index (κ3) is 5.46. The molecule has 2 aliphatic rings. The molecule has 2 aromatic rings. The maximum atomic E-state index is 14.6. The van der Waals surface area contributed by atoms with Gasteiger partial charge in [-0.25, -0.2) is 0 Å². The molecule has 35 heavy (non-hydrogen) atoms. The monoisotopic (exact) mass is 600 g/mol. The zero-order chi connectivity index (χ0) is 24.8. The summed E-state index contributed by atoms with van der Waals surface area (Å²) >= 11 is -3.30. The number of unbranched alkanes of at least 4 members (excludes halogenated alkanes) is 2. The molecular formula is C31H44O2SSn. The number of hydrogen-bond donors (Lipinski definition) is 0. The van der Waals surface area contributed by atoms with Crippen LogP contribution >= 0.6 is 0 Å². The van der Waals surface area contributed by atoms with Crippen molar-refractivity contribution in [3.05, 3.63) is 63.7 Å². The Bertz CT molecular complexity index is 1090. The number of hydrogen-bond acceptors (Lipinski definition) is 2. The van der Waals surface area contributed by atoms with Crippen molar-refractivity contribution in [1.82, 2.24) is 0 Å². The van der Waals surface area contributed by atoms with E-state index in [9.17, 15) is 8.42 Å². The molecule has 0 radical (unpaired) electrons. The van der Waals surface area contributed by atoms with Gasteiger partial charge in [0.2, 0.25) is 0 Å². The van der Waals surface area contributed by atoms with Gasteiger partial charge in [-0.1, -0.05) is 0 Å². The molecule has 4 heteroatoms. The van der Waals surface area contributed by atoms with Crippen molar-refractivity contribution in [2.45, 2.75) is 109 Å². The van der Waals surface area contributed by atoms with Crippen molar-refractivity contribution in [1.29, 1.82) is 0 Å². The van der Waals surface area contributed by atoms with E-state index in [0.29, 0.717) is 0 Å². The van der Waals surface area contributed by atoms with Gasteiger partial charge in [0.1, 0.15) is 0 Å². The zero-order valence-corrected chi connectivity index (χ0v) is 25.6. The van der Waals surface area contributed by atoms with Crippen LogP contribution < -0.4 is 3.58 Å². The summed E-state index contributed by atoms with van der Waals surface area (Å²) in [6.07, 6.45) is 15.1. The van der Waals surface area contributed by atoms with Crippen LogP contribution in [0.3, 0.4) is 0 Å². The molecule has 1 fully saturated rings. The molecule has 0 saturated heterocycles. The van der Waals surface area contributed by atoms with Gasteiger partial charge in [-0.2, -0.15) is 0 Å². The van der Waals surface area contributed by atoms with Crippen LogP contribution in [0.5, 0.6) is 0 Å². The van der Waals surface area contributed by atoms with Crippen LogP contribution in [0.1, 0.15) is 96.5 Å². The molecule has 0 bridgehead atoms. The molecule has 0 unspecified atom stereocenters. The van der Waals surface area contributed by atoms with Crippen molar-refractivity contribution in [3.63, 3.8) is 0 Å². The van der Waals surface area contributed by atoms with E-state index in [4.69, 9.17) is 0 Å². The Morgan fingerprint density at radius 1 is 0.800 bits per heavy atom. The van der Waals surface area contributed by atoms with Gasteiger partial charge >= 0.3 is 219 Å². The number of sulfone groups is 1. The van der Waals surface area contributed by atoms with Crippen molar-refractivity contribution >= 4 is 37.9 Å². The van der Waals surface area contributed by atoms with Gasteiger partial charge in [-0.3, -0.25) is 0 Å². The molecule has 4 rings (SSSR count). The first-order valence-electron chi connectivity index (χ1n) is 14.1. The Labute approximate surface area is 218 Å². The second-order valence-electron chi connectivity index (χ2n) is 11.0. The molecular weight excluding hydrogens is 555 g/mol. The molecule has 0 atom stereocenters. The molecule has 1 heterocycles. The standard InChI is InChI=1S/C23H26O2S.2C4H9.Sn/c24-26(25,22-16-8-2-9-17-22)23(19-11-4-12-20-23)18-10-3-7-15-21-13-5-1-6-14-21;2*1-3-4-2;/h1-2,5-6,8-9,13-16H,3-4,10-12,18-20H2;2*1,3-4H2,2H3;. The van der Waals surface area contributed by atoms with Gasteiger partial charge in [0.25, 0.3) is 0 Å². The van der Waals surface area contributed by atoms with Crippen LogP contribution in [0, 0.1) is 0 Å². The minimum atomic E-state index is -3.38. The number of allylic oxidation sites excluding steroid dienone is 1. The second-order valence-corrected chi connectivity index (χ2v) is 25.7. The van der Waals surface area contributed by atoms with Crippen LogP contribution in [0.4, 0.5) is 0 Å². The van der Waals surface area contributed by atoms with Crippen molar-refractivity contribution in [2.24, 2.45) is 0 Å². The Hall–Kier alpha value is -1.07. The van der Waals surface area contributed by atoms with E-state index < -0.39 is 33.0 Å². The molecule has 1 aliphatic carbocycles. The summed E-state index contributed by atoms with van der Waals surface area (Å²) in [5, 5.41) is 0. The van der Waals surface area contributed by atoms with E-state index in [-0.39, 0.29) is 0 Å². The Balaban J connectivity index is 1.99. The molecule has 1 spiro atoms. The quantitative estimate of drug-likeness (QED) is 0.301. The van der Waals surface area contributed by atoms with Crippen LogP contribution in [0.15, 0.2) is 63.1 Å². The normalized spacial score (nSPS) is 22.2. The molecule has 1 saturated carbocycles. The Morgan fingerprint density at radius 2 is 1.40 bits per heavy atom. The number of benzene rings is 2. The summed E-state index contributed by atoms with van der Waals surface area (Å²) in [7, 11) is -3.38. The average Bonchev–Trinajstić information content (AvgIpc) is 2.91. The van der Waals surface area contributed by atoms with Gasteiger partial charge in [0, 0.05) is 0 Å². The van der Waals surface area contributed by atoms with Crippen molar-refractivity contribution in [3.8, 4) is 0 Å². The first-order valence-corrected chi connectivity index (χ1v) is 22.5. The molecule has 0 amide bonds. The predicted octanol–water partition coefficient (Wildman–Crippen LogP) is 8.23. The minimum absolute atomic E-state index is 0.559. The summed E-state index contributed by atoms with van der Waals surface area (Å²) in [5.74, 6) is 0. The Morgan fingerprint density at radius 3 is 2.06 bits per heavy atom. The van der Waals surface area contributed by atoms with E-state index in [2.05, 4.69) is 62.4 Å². The number of fused-ring (bicyclic) bond motifs is 1. The van der Waals surface area contributed by atoms with Crippen LogP contribution in [-0.2, 0) is 9.84 Å². The van der Waals surface area contributed by atoms with Gasteiger partial charge in [0.15, 0.2) is 0 Å². The summed E-state index contributed by atoms with van der Waals surface area (Å²) in [5.41, 5.74) is 1.28. The van der Waals surface area contributed by atoms with E-state index >= 15 is 0 Å². The molecule has 1 aliphatic heterocycles. The first-order chi connectivity index (χ1) is 17.0. The topological polar surface area (TPSA) is 34.1 Å². The van der Waals surface area contributed by atoms with Gasteiger partial charge in [-0.15, -0.1) is 0 Å². The molecule has 0 aromatic heterocycles. The van der Waals surface area contributed by atoms with Crippen LogP contribution in [0.2, 0.25) is 8.87 Å². The van der Waals surface area contributed by atoms with Crippen molar-refractivity contribution in [2.75, 3.05) is 0 Å². The van der Waals surface area contributed by atoms with Gasteiger partial charge in [0.05, 0.1) is 0 Å². The van der Waals surface area contributed by atoms with Gasteiger partial charge in [-0.05, 0) is 0 Å².